The fraction of sp³-hybridized carbons (Fsp3) is 0.360. The molecule has 8 nitrogen and oxygen atoms in total. The molecule has 176 valence electrons. The van der Waals surface area contributed by atoms with Crippen LogP contribution in [-0.4, -0.2) is 31.5 Å². The van der Waals surface area contributed by atoms with E-state index in [-0.39, 0.29) is 29.2 Å². The quantitative estimate of drug-likeness (QED) is 0.390. The fourth-order valence-electron chi connectivity index (χ4n) is 4.91. The van der Waals surface area contributed by atoms with Crippen LogP contribution in [0.1, 0.15) is 50.4 Å². The van der Waals surface area contributed by atoms with Crippen LogP contribution in [0.25, 0.3) is 21.9 Å². The number of rotatable bonds is 6. The minimum absolute atomic E-state index is 0.00508. The minimum Gasteiger partial charge on any atom is -0.353 e. The van der Waals surface area contributed by atoms with Crippen molar-refractivity contribution >= 4 is 39.4 Å². The number of aromatic nitrogens is 4. The molecule has 0 saturated heterocycles. The molecule has 34 heavy (non-hydrogen) atoms. The monoisotopic (exact) mass is 479 g/mol. The van der Waals surface area contributed by atoms with E-state index < -0.39 is 0 Å². The second-order valence-corrected chi connectivity index (χ2v) is 9.35. The summed E-state index contributed by atoms with van der Waals surface area (Å²) >= 11 is 6.04. The van der Waals surface area contributed by atoms with E-state index in [0.717, 1.165) is 36.7 Å². The van der Waals surface area contributed by atoms with E-state index in [0.29, 0.717) is 41.0 Å². The second-order valence-electron chi connectivity index (χ2n) is 8.92. The van der Waals surface area contributed by atoms with E-state index in [4.69, 9.17) is 11.6 Å². The first-order valence-electron chi connectivity index (χ1n) is 11.6. The number of nitrogens with one attached hydrogen (secondary N) is 3. The van der Waals surface area contributed by atoms with Crippen molar-refractivity contribution in [2.45, 2.75) is 57.0 Å². The lowest BCUT2D eigenvalue weighted by atomic mass is 9.90. The van der Waals surface area contributed by atoms with Crippen molar-refractivity contribution in [2.24, 2.45) is 0 Å². The van der Waals surface area contributed by atoms with Crippen LogP contribution in [0.3, 0.4) is 0 Å². The average Bonchev–Trinajstić information content (AvgIpc) is 3.14. The van der Waals surface area contributed by atoms with Gasteiger partial charge in [0.25, 0.3) is 5.56 Å². The Bertz CT molecular complexity index is 1460. The van der Waals surface area contributed by atoms with E-state index in [2.05, 4.69) is 20.3 Å². The minimum atomic E-state index is -0.154. The van der Waals surface area contributed by atoms with Gasteiger partial charge in [-0.3, -0.25) is 14.2 Å². The number of imidazole rings is 1. The molecule has 3 N–H and O–H groups in total. The van der Waals surface area contributed by atoms with Gasteiger partial charge in [0.05, 0.1) is 21.9 Å². The van der Waals surface area contributed by atoms with Crippen molar-refractivity contribution in [1.82, 2.24) is 24.8 Å². The molecule has 0 radical (unpaired) electrons. The third-order valence-corrected chi connectivity index (χ3v) is 6.82. The molecule has 0 unspecified atom stereocenters. The highest BCUT2D eigenvalue weighted by Crippen LogP contribution is 2.30. The van der Waals surface area contributed by atoms with Gasteiger partial charge in [0.2, 0.25) is 5.91 Å². The molecule has 0 aliphatic heterocycles. The number of para-hydroxylation sites is 1. The number of aryl methyl sites for hydroxylation is 1. The van der Waals surface area contributed by atoms with Crippen LogP contribution in [-0.2, 0) is 11.2 Å². The molecule has 0 atom stereocenters. The summed E-state index contributed by atoms with van der Waals surface area (Å²) in [5, 5.41) is 4.29. The molecule has 2 aromatic heterocycles. The van der Waals surface area contributed by atoms with Crippen molar-refractivity contribution in [3.63, 3.8) is 0 Å². The second kappa shape index (κ2) is 9.46. The first-order valence-corrected chi connectivity index (χ1v) is 12.0. The maximum atomic E-state index is 12.5. The van der Waals surface area contributed by atoms with E-state index in [1.165, 1.54) is 0 Å². The van der Waals surface area contributed by atoms with Crippen molar-refractivity contribution in [1.29, 1.82) is 0 Å². The maximum Gasteiger partial charge on any atom is 0.326 e. The number of hydrogen-bond acceptors (Lipinski definition) is 4. The van der Waals surface area contributed by atoms with Crippen LogP contribution >= 0.6 is 11.6 Å². The fourth-order valence-corrected chi connectivity index (χ4v) is 5.09. The molecule has 0 bridgehead atoms. The number of H-pyrrole nitrogens is 2. The van der Waals surface area contributed by atoms with Crippen molar-refractivity contribution in [3.05, 3.63) is 74.1 Å². The zero-order valence-electron chi connectivity index (χ0n) is 18.6. The lowest BCUT2D eigenvalue weighted by Crippen LogP contribution is -2.38. The first-order chi connectivity index (χ1) is 16.5. The van der Waals surface area contributed by atoms with E-state index in [9.17, 15) is 14.4 Å². The molecular formula is C25H26ClN5O3. The number of carbonyl (C=O) groups is 1. The Labute approximate surface area is 200 Å². The van der Waals surface area contributed by atoms with E-state index in [1.807, 2.05) is 28.8 Å². The Morgan fingerprint density at radius 1 is 1.09 bits per heavy atom. The SMILES string of the molecule is O=C(CCCc1nc2ccccc2c(=O)[nH]1)N[C@H]1CC[C@H](n2c(=O)[nH]c3cc(Cl)ccc32)CC1. The summed E-state index contributed by atoms with van der Waals surface area (Å²) in [6, 6.07) is 12.9. The zero-order chi connectivity index (χ0) is 23.7. The average molecular weight is 480 g/mol. The highest BCUT2D eigenvalue weighted by Gasteiger charge is 2.25. The molecule has 1 fully saturated rings. The number of fused-ring (bicyclic) bond motifs is 2. The molecule has 1 aliphatic rings. The van der Waals surface area contributed by atoms with Crippen LogP contribution in [0, 0.1) is 0 Å². The zero-order valence-corrected chi connectivity index (χ0v) is 19.4. The summed E-state index contributed by atoms with van der Waals surface area (Å²) in [6.45, 7) is 0. The van der Waals surface area contributed by atoms with Gasteiger partial charge >= 0.3 is 5.69 Å². The van der Waals surface area contributed by atoms with Gasteiger partial charge in [0, 0.05) is 29.9 Å². The van der Waals surface area contributed by atoms with Gasteiger partial charge in [-0.25, -0.2) is 9.78 Å². The third-order valence-electron chi connectivity index (χ3n) is 6.58. The van der Waals surface area contributed by atoms with Crippen LogP contribution in [0.5, 0.6) is 0 Å². The molecule has 2 heterocycles. The highest BCUT2D eigenvalue weighted by molar-refractivity contribution is 6.31. The van der Waals surface area contributed by atoms with Gasteiger partial charge in [-0.2, -0.15) is 0 Å². The number of amides is 1. The Kier molecular flexibility index (Phi) is 6.24. The Morgan fingerprint density at radius 3 is 2.71 bits per heavy atom. The summed E-state index contributed by atoms with van der Waals surface area (Å²) in [5.41, 5.74) is 2.00. The molecule has 1 saturated carbocycles. The smallest absolute Gasteiger partial charge is 0.326 e. The Balaban J connectivity index is 1.12. The third kappa shape index (κ3) is 4.63. The van der Waals surface area contributed by atoms with Gasteiger partial charge in [-0.05, 0) is 62.4 Å². The van der Waals surface area contributed by atoms with Crippen LogP contribution < -0.4 is 16.6 Å². The number of nitrogens with zero attached hydrogens (tertiary/aromatic N) is 2. The molecule has 4 aromatic rings. The summed E-state index contributed by atoms with van der Waals surface area (Å²) in [4.78, 5) is 47.3. The Hall–Kier alpha value is -3.39. The molecule has 0 spiro atoms. The number of carbonyl (C=O) groups excluding carboxylic acids is 1. The molecule has 2 aromatic carbocycles. The predicted octanol–water partition coefficient (Wildman–Crippen LogP) is 3.84. The number of benzene rings is 2. The lowest BCUT2D eigenvalue weighted by Gasteiger charge is -2.30. The molecule has 1 amide bonds. The summed E-state index contributed by atoms with van der Waals surface area (Å²) in [6.07, 6.45) is 4.80. The van der Waals surface area contributed by atoms with E-state index in [1.54, 1.807) is 18.2 Å². The van der Waals surface area contributed by atoms with Crippen LogP contribution in [0.4, 0.5) is 0 Å². The van der Waals surface area contributed by atoms with Gasteiger partial charge in [-0.15, -0.1) is 0 Å². The van der Waals surface area contributed by atoms with Gasteiger partial charge < -0.3 is 15.3 Å². The molecular weight excluding hydrogens is 454 g/mol. The standard InChI is InChI=1S/C25H26ClN5O3/c26-15-8-13-21-20(14-15)29-25(34)31(21)17-11-9-16(10-12-17)27-23(32)7-3-6-22-28-19-5-2-1-4-18(19)24(33)30-22/h1-2,4-5,8,13-14,16-17H,3,6-7,9-12H2,(H,27,32)(H,29,34)(H,28,30,33)/t16-,17-. The van der Waals surface area contributed by atoms with Crippen molar-refractivity contribution in [2.75, 3.05) is 0 Å². The van der Waals surface area contributed by atoms with E-state index >= 15 is 0 Å². The van der Waals surface area contributed by atoms with Crippen molar-refractivity contribution in [3.8, 4) is 0 Å². The molecule has 5 rings (SSSR count). The van der Waals surface area contributed by atoms with Gasteiger partial charge in [-0.1, -0.05) is 23.7 Å². The molecule has 1 aliphatic carbocycles. The lowest BCUT2D eigenvalue weighted by molar-refractivity contribution is -0.122. The number of halogens is 1. The van der Waals surface area contributed by atoms with Gasteiger partial charge in [0.15, 0.2) is 0 Å². The van der Waals surface area contributed by atoms with Gasteiger partial charge in [0.1, 0.15) is 5.82 Å². The summed E-state index contributed by atoms with van der Waals surface area (Å²) in [5.74, 6) is 0.605. The van der Waals surface area contributed by atoms with Crippen LogP contribution in [0.2, 0.25) is 5.02 Å². The predicted molar refractivity (Wildman–Crippen MR) is 132 cm³/mol. The largest absolute Gasteiger partial charge is 0.353 e. The summed E-state index contributed by atoms with van der Waals surface area (Å²) < 4.78 is 1.82. The topological polar surface area (TPSA) is 113 Å². The maximum absolute atomic E-state index is 12.5. The Morgan fingerprint density at radius 2 is 1.88 bits per heavy atom. The van der Waals surface area contributed by atoms with Crippen molar-refractivity contribution < 1.29 is 4.79 Å². The molecule has 9 heteroatoms. The normalized spacial score (nSPS) is 18.4. The highest BCUT2D eigenvalue weighted by atomic mass is 35.5. The number of hydrogen-bond donors (Lipinski definition) is 3. The van der Waals surface area contributed by atoms with Crippen LogP contribution in [0.15, 0.2) is 52.1 Å². The first kappa shape index (κ1) is 22.4. The number of aromatic amines is 2. The summed E-state index contributed by atoms with van der Waals surface area (Å²) in [7, 11) is 0.